The molecule has 0 radical (unpaired) electrons. The summed E-state index contributed by atoms with van der Waals surface area (Å²) in [5.74, 6) is -0.0678. The van der Waals surface area contributed by atoms with Crippen molar-refractivity contribution < 1.29 is 4.79 Å². The maximum Gasteiger partial charge on any atom is 0.270 e. The lowest BCUT2D eigenvalue weighted by Crippen LogP contribution is -2.52. The summed E-state index contributed by atoms with van der Waals surface area (Å²) in [5, 5.41) is 3.18. The van der Waals surface area contributed by atoms with Crippen LogP contribution in [-0.4, -0.2) is 22.0 Å². The van der Waals surface area contributed by atoms with E-state index >= 15 is 0 Å². The second kappa shape index (κ2) is 4.05. The summed E-state index contributed by atoms with van der Waals surface area (Å²) in [4.78, 5) is 16.3. The molecule has 1 amide bonds. The average Bonchev–Trinajstić information content (AvgIpc) is 2.60. The molecule has 2 aliphatic carbocycles. The Morgan fingerprint density at radius 2 is 2.17 bits per heavy atom. The highest BCUT2D eigenvalue weighted by atomic mass is 16.2. The molecule has 0 saturated heterocycles. The Kier molecular flexibility index (Phi) is 2.63. The minimum Gasteiger partial charge on any atom is -0.345 e. The van der Waals surface area contributed by atoms with Crippen LogP contribution < -0.4 is 11.1 Å². The first-order valence-electron chi connectivity index (χ1n) is 6.63. The molecule has 1 heterocycles. The van der Waals surface area contributed by atoms with Crippen LogP contribution in [0.1, 0.15) is 49.0 Å². The zero-order chi connectivity index (χ0) is 12.6. The molecule has 2 fully saturated rings. The number of amides is 1. The quantitative estimate of drug-likeness (QED) is 0.832. The summed E-state index contributed by atoms with van der Waals surface area (Å²) >= 11 is 0. The third-order valence-corrected chi connectivity index (χ3v) is 4.40. The molecule has 2 bridgehead atoms. The Labute approximate surface area is 107 Å². The summed E-state index contributed by atoms with van der Waals surface area (Å²) in [6.45, 7) is 0. The molecule has 3 N–H and O–H groups in total. The molecule has 1 aromatic rings. The molecule has 0 aromatic carbocycles. The van der Waals surface area contributed by atoms with Crippen LogP contribution in [0.3, 0.4) is 0 Å². The molecule has 0 aliphatic heterocycles. The van der Waals surface area contributed by atoms with Crippen molar-refractivity contribution in [2.75, 3.05) is 0 Å². The van der Waals surface area contributed by atoms with Gasteiger partial charge in [-0.25, -0.2) is 0 Å². The normalized spacial score (nSPS) is 34.3. The largest absolute Gasteiger partial charge is 0.345 e. The highest BCUT2D eigenvalue weighted by Crippen LogP contribution is 2.46. The van der Waals surface area contributed by atoms with Crippen LogP contribution in [0, 0.1) is 0 Å². The highest BCUT2D eigenvalue weighted by molar-refractivity contribution is 5.92. The SMILES string of the molecule is NC12CCCC(NC(=O)c3ccccn3)(CC1)C2. The molecule has 2 saturated carbocycles. The van der Waals surface area contributed by atoms with Gasteiger partial charge in [0.15, 0.2) is 0 Å². The van der Waals surface area contributed by atoms with Crippen LogP contribution in [-0.2, 0) is 0 Å². The molecule has 96 valence electrons. The molecule has 3 rings (SSSR count). The van der Waals surface area contributed by atoms with Crippen molar-refractivity contribution in [3.05, 3.63) is 30.1 Å². The number of hydrogen-bond acceptors (Lipinski definition) is 3. The molecule has 4 nitrogen and oxygen atoms in total. The van der Waals surface area contributed by atoms with Gasteiger partial charge in [-0.3, -0.25) is 9.78 Å². The van der Waals surface area contributed by atoms with Crippen molar-refractivity contribution in [1.29, 1.82) is 0 Å². The second-order valence-corrected chi connectivity index (χ2v) is 5.84. The summed E-state index contributed by atoms with van der Waals surface area (Å²) in [5.41, 5.74) is 6.70. The molecule has 2 atom stereocenters. The van der Waals surface area contributed by atoms with Gasteiger partial charge in [0, 0.05) is 17.3 Å². The van der Waals surface area contributed by atoms with E-state index in [9.17, 15) is 4.79 Å². The lowest BCUT2D eigenvalue weighted by Gasteiger charge is -2.37. The van der Waals surface area contributed by atoms with Gasteiger partial charge in [0.1, 0.15) is 5.69 Å². The lowest BCUT2D eigenvalue weighted by molar-refractivity contribution is 0.0871. The smallest absolute Gasteiger partial charge is 0.270 e. The number of pyridine rings is 1. The van der Waals surface area contributed by atoms with Gasteiger partial charge in [-0.05, 0) is 50.7 Å². The van der Waals surface area contributed by atoms with Crippen molar-refractivity contribution in [2.45, 2.75) is 49.6 Å². The number of rotatable bonds is 2. The Bertz CT molecular complexity index is 461. The number of hydrogen-bond donors (Lipinski definition) is 2. The molecular formula is C14H19N3O. The van der Waals surface area contributed by atoms with Crippen LogP contribution in [0.5, 0.6) is 0 Å². The van der Waals surface area contributed by atoms with Gasteiger partial charge in [0.25, 0.3) is 5.91 Å². The first-order chi connectivity index (χ1) is 8.61. The van der Waals surface area contributed by atoms with Crippen molar-refractivity contribution in [3.63, 3.8) is 0 Å². The van der Waals surface area contributed by atoms with Gasteiger partial charge in [0.2, 0.25) is 0 Å². The Morgan fingerprint density at radius 1 is 1.28 bits per heavy atom. The Balaban J connectivity index is 1.75. The predicted octanol–water partition coefficient (Wildman–Crippen LogP) is 1.62. The highest BCUT2D eigenvalue weighted by Gasteiger charge is 2.49. The van der Waals surface area contributed by atoms with E-state index in [2.05, 4.69) is 10.3 Å². The molecule has 1 aromatic heterocycles. The van der Waals surface area contributed by atoms with Crippen molar-refractivity contribution in [1.82, 2.24) is 10.3 Å². The second-order valence-electron chi connectivity index (χ2n) is 5.84. The maximum absolute atomic E-state index is 12.2. The number of nitrogens with zero attached hydrogens (tertiary/aromatic N) is 1. The maximum atomic E-state index is 12.2. The number of nitrogens with one attached hydrogen (secondary N) is 1. The summed E-state index contributed by atoms with van der Waals surface area (Å²) < 4.78 is 0. The van der Waals surface area contributed by atoms with Gasteiger partial charge in [-0.15, -0.1) is 0 Å². The van der Waals surface area contributed by atoms with E-state index in [1.165, 1.54) is 0 Å². The molecule has 18 heavy (non-hydrogen) atoms. The zero-order valence-corrected chi connectivity index (χ0v) is 10.5. The molecule has 0 spiro atoms. The van der Waals surface area contributed by atoms with Crippen LogP contribution in [0.15, 0.2) is 24.4 Å². The van der Waals surface area contributed by atoms with Gasteiger partial charge in [-0.2, -0.15) is 0 Å². The number of carbonyl (C=O) groups is 1. The fourth-order valence-corrected chi connectivity index (χ4v) is 3.52. The topological polar surface area (TPSA) is 68.0 Å². The van der Waals surface area contributed by atoms with Gasteiger partial charge < -0.3 is 11.1 Å². The van der Waals surface area contributed by atoms with Crippen LogP contribution in [0.25, 0.3) is 0 Å². The standard InChI is InChI=1S/C14H19N3O/c15-13-5-3-6-14(10-13,8-7-13)17-12(18)11-4-1-2-9-16-11/h1-2,4,9H,3,5-8,10,15H2,(H,17,18). The third kappa shape index (κ3) is 2.01. The summed E-state index contributed by atoms with van der Waals surface area (Å²) in [6, 6.07) is 5.40. The van der Waals surface area contributed by atoms with Crippen molar-refractivity contribution >= 4 is 5.91 Å². The number of nitrogens with two attached hydrogens (primary N) is 1. The van der Waals surface area contributed by atoms with Crippen molar-refractivity contribution in [3.8, 4) is 0 Å². The fraction of sp³-hybridized carbons (Fsp3) is 0.571. The van der Waals surface area contributed by atoms with Crippen LogP contribution >= 0.6 is 0 Å². The van der Waals surface area contributed by atoms with E-state index in [-0.39, 0.29) is 17.0 Å². The Morgan fingerprint density at radius 3 is 2.94 bits per heavy atom. The van der Waals surface area contributed by atoms with Crippen LogP contribution in [0.2, 0.25) is 0 Å². The molecule has 4 heteroatoms. The van der Waals surface area contributed by atoms with E-state index in [0.29, 0.717) is 5.69 Å². The van der Waals surface area contributed by atoms with E-state index < -0.39 is 0 Å². The molecular weight excluding hydrogens is 226 g/mol. The Hall–Kier alpha value is -1.42. The van der Waals surface area contributed by atoms with Crippen molar-refractivity contribution in [2.24, 2.45) is 5.73 Å². The van der Waals surface area contributed by atoms with Gasteiger partial charge in [0.05, 0.1) is 0 Å². The fourth-order valence-electron chi connectivity index (χ4n) is 3.52. The third-order valence-electron chi connectivity index (χ3n) is 4.40. The minimum atomic E-state index is -0.0817. The van der Waals surface area contributed by atoms with E-state index in [0.717, 1.165) is 38.5 Å². The van der Waals surface area contributed by atoms with Gasteiger partial charge in [-0.1, -0.05) is 6.07 Å². The predicted molar refractivity (Wildman–Crippen MR) is 69.1 cm³/mol. The van der Waals surface area contributed by atoms with Crippen LogP contribution in [0.4, 0.5) is 0 Å². The number of fused-ring (bicyclic) bond motifs is 2. The lowest BCUT2D eigenvalue weighted by atomic mass is 9.79. The first-order valence-corrected chi connectivity index (χ1v) is 6.63. The van der Waals surface area contributed by atoms with E-state index in [1.807, 2.05) is 12.1 Å². The van der Waals surface area contributed by atoms with E-state index in [1.54, 1.807) is 12.3 Å². The zero-order valence-electron chi connectivity index (χ0n) is 10.5. The molecule has 2 aliphatic rings. The average molecular weight is 245 g/mol. The summed E-state index contributed by atoms with van der Waals surface area (Å²) in [7, 11) is 0. The monoisotopic (exact) mass is 245 g/mol. The van der Waals surface area contributed by atoms with Gasteiger partial charge >= 0.3 is 0 Å². The molecule has 2 unspecified atom stereocenters. The first kappa shape index (κ1) is 11.7. The van der Waals surface area contributed by atoms with E-state index in [4.69, 9.17) is 5.73 Å². The minimum absolute atomic E-state index is 0.0460. The summed E-state index contributed by atoms with van der Waals surface area (Å²) in [6.07, 6.45) is 7.84. The number of carbonyl (C=O) groups excluding carboxylic acids is 1. The number of aromatic nitrogens is 1.